The van der Waals surface area contributed by atoms with E-state index in [2.05, 4.69) is 44.4 Å². The molecule has 1 fully saturated rings. The van der Waals surface area contributed by atoms with Crippen molar-refractivity contribution in [1.82, 2.24) is 5.43 Å². The molecule has 0 aliphatic carbocycles. The molecule has 1 aromatic rings. The van der Waals surface area contributed by atoms with Crippen LogP contribution in [0, 0.1) is 13.8 Å². The largest absolute Gasteiger partial charge is 0.373 e. The molecule has 0 aromatic heterocycles. The summed E-state index contributed by atoms with van der Waals surface area (Å²) in [6, 6.07) is 6.41. The van der Waals surface area contributed by atoms with Crippen LogP contribution in [0.4, 0.5) is 0 Å². The van der Waals surface area contributed by atoms with Crippen LogP contribution in [0.25, 0.3) is 0 Å². The van der Waals surface area contributed by atoms with E-state index < -0.39 is 0 Å². The number of benzene rings is 1. The molecule has 1 aliphatic heterocycles. The molecule has 2 rings (SSSR count). The highest BCUT2D eigenvalue weighted by atomic mass is 16.5. The Morgan fingerprint density at radius 3 is 2.76 bits per heavy atom. The van der Waals surface area contributed by atoms with Crippen LogP contribution in [0.2, 0.25) is 0 Å². The molecule has 3 heteroatoms. The number of hydrogen-bond donors (Lipinski definition) is 2. The lowest BCUT2D eigenvalue weighted by Crippen LogP contribution is -2.44. The van der Waals surface area contributed by atoms with Gasteiger partial charge in [0.25, 0.3) is 0 Å². The molecule has 0 saturated carbocycles. The van der Waals surface area contributed by atoms with Crippen LogP contribution in [0.5, 0.6) is 0 Å². The Kier molecular flexibility index (Phi) is 3.52. The number of hydrogen-bond acceptors (Lipinski definition) is 3. The average Bonchev–Trinajstić information content (AvgIpc) is 2.73. The predicted molar refractivity (Wildman–Crippen MR) is 69.6 cm³/mol. The molecule has 1 heterocycles. The van der Waals surface area contributed by atoms with Crippen molar-refractivity contribution >= 4 is 0 Å². The molecular formula is C14H22N2O. The minimum atomic E-state index is -0.187. The number of nitrogens with one attached hydrogen (secondary N) is 1. The standard InChI is InChI=1S/C14H22N2O/c1-10-6-4-7-12(11(10)2)13(16-15)14(3)8-5-9-17-14/h4,6-7,13,16H,5,8-9,15H2,1-3H3. The van der Waals surface area contributed by atoms with Crippen LogP contribution < -0.4 is 11.3 Å². The maximum absolute atomic E-state index is 5.90. The molecule has 2 atom stereocenters. The summed E-state index contributed by atoms with van der Waals surface area (Å²) in [4.78, 5) is 0. The fourth-order valence-electron chi connectivity index (χ4n) is 2.71. The van der Waals surface area contributed by atoms with Gasteiger partial charge >= 0.3 is 0 Å². The van der Waals surface area contributed by atoms with Crippen molar-refractivity contribution in [2.45, 2.75) is 45.3 Å². The van der Waals surface area contributed by atoms with Crippen molar-refractivity contribution in [2.75, 3.05) is 6.61 Å². The van der Waals surface area contributed by atoms with E-state index in [1.165, 1.54) is 16.7 Å². The van der Waals surface area contributed by atoms with Gasteiger partial charge in [0.05, 0.1) is 11.6 Å². The van der Waals surface area contributed by atoms with E-state index in [0.29, 0.717) is 0 Å². The van der Waals surface area contributed by atoms with E-state index in [9.17, 15) is 0 Å². The zero-order valence-electron chi connectivity index (χ0n) is 10.9. The highest BCUT2D eigenvalue weighted by Crippen LogP contribution is 2.38. The van der Waals surface area contributed by atoms with Gasteiger partial charge in [-0.2, -0.15) is 0 Å². The number of aryl methyl sites for hydroxylation is 1. The molecule has 0 bridgehead atoms. The highest BCUT2D eigenvalue weighted by Gasteiger charge is 2.39. The molecule has 0 spiro atoms. The number of nitrogens with two attached hydrogens (primary N) is 1. The molecule has 3 nitrogen and oxygen atoms in total. The Bertz CT molecular complexity index is 397. The zero-order chi connectivity index (χ0) is 12.5. The molecule has 1 aromatic carbocycles. The first kappa shape index (κ1) is 12.6. The maximum Gasteiger partial charge on any atom is 0.0862 e. The predicted octanol–water partition coefficient (Wildman–Crippen LogP) is 2.38. The highest BCUT2D eigenvalue weighted by molar-refractivity contribution is 5.36. The van der Waals surface area contributed by atoms with Gasteiger partial charge in [0.1, 0.15) is 0 Å². The van der Waals surface area contributed by atoms with Crippen LogP contribution in [-0.4, -0.2) is 12.2 Å². The minimum Gasteiger partial charge on any atom is -0.373 e. The second-order valence-electron chi connectivity index (χ2n) is 5.15. The van der Waals surface area contributed by atoms with Crippen LogP contribution in [0.3, 0.4) is 0 Å². The Labute approximate surface area is 103 Å². The first-order valence-electron chi connectivity index (χ1n) is 6.25. The van der Waals surface area contributed by atoms with Crippen molar-refractivity contribution in [1.29, 1.82) is 0 Å². The van der Waals surface area contributed by atoms with Gasteiger partial charge in [-0.25, -0.2) is 0 Å². The van der Waals surface area contributed by atoms with Crippen LogP contribution in [0.15, 0.2) is 18.2 Å². The lowest BCUT2D eigenvalue weighted by molar-refractivity contribution is -0.0127. The monoisotopic (exact) mass is 234 g/mol. The fraction of sp³-hybridized carbons (Fsp3) is 0.571. The van der Waals surface area contributed by atoms with Crippen molar-refractivity contribution in [2.24, 2.45) is 5.84 Å². The van der Waals surface area contributed by atoms with Gasteiger partial charge in [-0.05, 0) is 50.3 Å². The second-order valence-corrected chi connectivity index (χ2v) is 5.15. The maximum atomic E-state index is 5.90. The molecule has 1 aliphatic rings. The lowest BCUT2D eigenvalue weighted by atomic mass is 9.85. The Morgan fingerprint density at radius 2 is 2.18 bits per heavy atom. The van der Waals surface area contributed by atoms with E-state index in [1.54, 1.807) is 0 Å². The second kappa shape index (κ2) is 4.77. The molecule has 0 amide bonds. The average molecular weight is 234 g/mol. The lowest BCUT2D eigenvalue weighted by Gasteiger charge is -2.34. The van der Waals surface area contributed by atoms with Gasteiger partial charge < -0.3 is 4.74 Å². The van der Waals surface area contributed by atoms with Crippen molar-refractivity contribution in [3.8, 4) is 0 Å². The molecule has 17 heavy (non-hydrogen) atoms. The summed E-state index contributed by atoms with van der Waals surface area (Å²) in [5.74, 6) is 5.76. The summed E-state index contributed by atoms with van der Waals surface area (Å²) < 4.78 is 5.90. The Balaban J connectivity index is 2.38. The van der Waals surface area contributed by atoms with Crippen molar-refractivity contribution < 1.29 is 4.74 Å². The zero-order valence-corrected chi connectivity index (χ0v) is 10.9. The van der Waals surface area contributed by atoms with E-state index in [1.807, 2.05) is 0 Å². The first-order chi connectivity index (χ1) is 8.08. The molecule has 94 valence electrons. The van der Waals surface area contributed by atoms with Gasteiger partial charge in [-0.15, -0.1) is 0 Å². The smallest absolute Gasteiger partial charge is 0.0862 e. The van der Waals surface area contributed by atoms with Crippen LogP contribution in [-0.2, 0) is 4.74 Å². The number of ether oxygens (including phenoxy) is 1. The van der Waals surface area contributed by atoms with E-state index >= 15 is 0 Å². The number of rotatable bonds is 3. The third-order valence-corrected chi connectivity index (χ3v) is 3.98. The van der Waals surface area contributed by atoms with Gasteiger partial charge in [0.2, 0.25) is 0 Å². The van der Waals surface area contributed by atoms with Gasteiger partial charge in [0.15, 0.2) is 0 Å². The van der Waals surface area contributed by atoms with Gasteiger partial charge in [-0.1, -0.05) is 18.2 Å². The topological polar surface area (TPSA) is 47.3 Å². The number of hydrazine groups is 1. The molecule has 2 unspecified atom stereocenters. The fourth-order valence-corrected chi connectivity index (χ4v) is 2.71. The summed E-state index contributed by atoms with van der Waals surface area (Å²) in [6.45, 7) is 7.25. The van der Waals surface area contributed by atoms with Gasteiger partial charge in [-0.3, -0.25) is 11.3 Å². The first-order valence-corrected chi connectivity index (χ1v) is 6.25. The van der Waals surface area contributed by atoms with E-state index in [-0.39, 0.29) is 11.6 Å². The van der Waals surface area contributed by atoms with Crippen LogP contribution in [0.1, 0.15) is 42.5 Å². The summed E-state index contributed by atoms with van der Waals surface area (Å²) in [5, 5.41) is 0. The Hall–Kier alpha value is -0.900. The van der Waals surface area contributed by atoms with Gasteiger partial charge in [0, 0.05) is 6.61 Å². The van der Waals surface area contributed by atoms with E-state index in [0.717, 1.165) is 19.4 Å². The quantitative estimate of drug-likeness (QED) is 0.623. The molecule has 0 radical (unpaired) electrons. The SMILES string of the molecule is Cc1cccc(C(NN)C2(C)CCCO2)c1C. The minimum absolute atomic E-state index is 0.0601. The van der Waals surface area contributed by atoms with Crippen LogP contribution >= 0.6 is 0 Å². The summed E-state index contributed by atoms with van der Waals surface area (Å²) in [6.07, 6.45) is 2.16. The third kappa shape index (κ3) is 2.23. The Morgan fingerprint density at radius 1 is 1.41 bits per heavy atom. The normalized spacial score (nSPS) is 26.1. The van der Waals surface area contributed by atoms with Crippen molar-refractivity contribution in [3.63, 3.8) is 0 Å². The molecule has 1 saturated heterocycles. The summed E-state index contributed by atoms with van der Waals surface area (Å²) in [7, 11) is 0. The molecular weight excluding hydrogens is 212 g/mol. The van der Waals surface area contributed by atoms with E-state index in [4.69, 9.17) is 10.6 Å². The third-order valence-electron chi connectivity index (χ3n) is 3.98. The summed E-state index contributed by atoms with van der Waals surface area (Å²) >= 11 is 0. The summed E-state index contributed by atoms with van der Waals surface area (Å²) in [5.41, 5.74) is 6.60. The van der Waals surface area contributed by atoms with Crippen molar-refractivity contribution in [3.05, 3.63) is 34.9 Å². The molecule has 3 N–H and O–H groups in total.